The molecule has 2 spiro atoms. The molecule has 1 aromatic rings. The number of nitrogens with zero attached hydrogens (tertiary/aromatic N) is 1. The molecule has 5 rings (SSSR count). The lowest BCUT2D eigenvalue weighted by Crippen LogP contribution is -2.67. The fourth-order valence-corrected chi connectivity index (χ4v) is 5.15. The number of aliphatic imine (C=N–C) groups is 1. The molecule has 164 valence electrons. The molecule has 2 unspecified atom stereocenters. The van der Waals surface area contributed by atoms with Gasteiger partial charge in [0.15, 0.2) is 0 Å². The first-order chi connectivity index (χ1) is 15.6. The van der Waals surface area contributed by atoms with E-state index in [4.69, 9.17) is 24.9 Å². The van der Waals surface area contributed by atoms with Crippen LogP contribution in [0.4, 0.5) is 0 Å². The van der Waals surface area contributed by atoms with Crippen LogP contribution >= 0.6 is 0 Å². The number of hydrogen-bond acceptors (Lipinski definition) is 5. The molecule has 2 atom stereocenters. The lowest BCUT2D eigenvalue weighted by molar-refractivity contribution is -0.217. The minimum absolute atomic E-state index is 0.0119. The highest BCUT2D eigenvalue weighted by Gasteiger charge is 2.67. The lowest BCUT2D eigenvalue weighted by Gasteiger charge is -2.57. The van der Waals surface area contributed by atoms with Gasteiger partial charge in [0.1, 0.15) is 24.0 Å². The summed E-state index contributed by atoms with van der Waals surface area (Å²) in [4.78, 5) is 4.92. The molecule has 1 aliphatic carbocycles. The van der Waals surface area contributed by atoms with E-state index in [1.54, 1.807) is 0 Å². The Labute approximate surface area is 189 Å². The van der Waals surface area contributed by atoms with Crippen LogP contribution in [0.2, 0.25) is 0 Å². The molecule has 0 aromatic heterocycles. The Hall–Kier alpha value is -3.23. The Morgan fingerprint density at radius 3 is 2.75 bits per heavy atom. The van der Waals surface area contributed by atoms with Crippen LogP contribution in [0.15, 0.2) is 65.2 Å². The van der Waals surface area contributed by atoms with Gasteiger partial charge in [-0.3, -0.25) is 0 Å². The van der Waals surface area contributed by atoms with Crippen LogP contribution in [0.3, 0.4) is 0 Å². The Morgan fingerprint density at radius 1 is 1.19 bits per heavy atom. The van der Waals surface area contributed by atoms with Crippen LogP contribution in [0.1, 0.15) is 37.8 Å². The monoisotopic (exact) mass is 428 g/mol. The van der Waals surface area contributed by atoms with E-state index < -0.39 is 5.54 Å². The summed E-state index contributed by atoms with van der Waals surface area (Å²) in [6.07, 6.45) is 14.3. The topological polar surface area (TPSA) is 66.1 Å². The van der Waals surface area contributed by atoms with Crippen LogP contribution in [-0.4, -0.2) is 31.9 Å². The van der Waals surface area contributed by atoms with E-state index in [-0.39, 0.29) is 17.5 Å². The van der Waals surface area contributed by atoms with E-state index in [1.807, 2.05) is 31.2 Å². The van der Waals surface area contributed by atoms with E-state index in [1.165, 1.54) is 0 Å². The van der Waals surface area contributed by atoms with Crippen molar-refractivity contribution in [1.29, 1.82) is 0 Å². The van der Waals surface area contributed by atoms with Crippen LogP contribution in [0.5, 0.6) is 5.75 Å². The average Bonchev–Trinajstić information content (AvgIpc) is 3.11. The largest absolute Gasteiger partial charge is 0.489 e. The normalized spacial score (nSPS) is 29.6. The second kappa shape index (κ2) is 8.03. The minimum Gasteiger partial charge on any atom is -0.489 e. The van der Waals surface area contributed by atoms with E-state index in [0.717, 1.165) is 40.9 Å². The van der Waals surface area contributed by atoms with E-state index in [9.17, 15) is 0 Å². The second-order valence-corrected chi connectivity index (χ2v) is 8.69. The predicted molar refractivity (Wildman–Crippen MR) is 126 cm³/mol. The molecule has 32 heavy (non-hydrogen) atoms. The summed E-state index contributed by atoms with van der Waals surface area (Å²) in [6, 6.07) is 6.58. The predicted octanol–water partition coefficient (Wildman–Crippen LogP) is 4.26. The number of nitrogens with two attached hydrogens (primary N) is 1. The zero-order valence-electron chi connectivity index (χ0n) is 18.6. The van der Waals surface area contributed by atoms with Crippen molar-refractivity contribution in [3.05, 3.63) is 71.4 Å². The molecule has 3 aliphatic heterocycles. The molecule has 0 saturated carbocycles. The van der Waals surface area contributed by atoms with Crippen molar-refractivity contribution in [3.63, 3.8) is 0 Å². The molecular formula is C27H28N2O3. The maximum atomic E-state index is 6.57. The number of rotatable bonds is 3. The highest BCUT2D eigenvalue weighted by Crippen LogP contribution is 2.59. The van der Waals surface area contributed by atoms with Crippen LogP contribution in [-0.2, 0) is 15.0 Å². The van der Waals surface area contributed by atoms with Gasteiger partial charge in [-0.05, 0) is 48.8 Å². The zero-order chi connectivity index (χ0) is 22.2. The fourth-order valence-electron chi connectivity index (χ4n) is 5.15. The van der Waals surface area contributed by atoms with Crippen LogP contribution in [0.25, 0.3) is 5.57 Å². The summed E-state index contributed by atoms with van der Waals surface area (Å²) in [5.74, 6) is 7.01. The maximum absolute atomic E-state index is 6.57. The van der Waals surface area contributed by atoms with Gasteiger partial charge in [0.25, 0.3) is 6.02 Å². The summed E-state index contributed by atoms with van der Waals surface area (Å²) in [6.45, 7) is 5.62. The number of amidine groups is 1. The number of fused-ring (bicyclic) bond motifs is 3. The van der Waals surface area contributed by atoms with Crippen molar-refractivity contribution in [2.75, 3.05) is 19.8 Å². The number of allylic oxidation sites excluding steroid dienone is 8. The van der Waals surface area contributed by atoms with Crippen LogP contribution in [0, 0.1) is 17.3 Å². The third-order valence-electron chi connectivity index (χ3n) is 6.82. The van der Waals surface area contributed by atoms with Gasteiger partial charge in [0, 0.05) is 11.1 Å². The first-order valence-electron chi connectivity index (χ1n) is 11.2. The molecule has 4 aliphatic rings. The van der Waals surface area contributed by atoms with Gasteiger partial charge in [0.2, 0.25) is 0 Å². The molecule has 1 aromatic carbocycles. The molecule has 0 radical (unpaired) electrons. The first kappa shape index (κ1) is 20.7. The number of benzene rings is 1. The Kier molecular flexibility index (Phi) is 5.19. The van der Waals surface area contributed by atoms with Crippen molar-refractivity contribution in [2.45, 2.75) is 38.3 Å². The van der Waals surface area contributed by atoms with Gasteiger partial charge in [-0.1, -0.05) is 49.6 Å². The van der Waals surface area contributed by atoms with Gasteiger partial charge in [-0.15, -0.1) is 5.92 Å². The summed E-state index contributed by atoms with van der Waals surface area (Å²) >= 11 is 0. The quantitative estimate of drug-likeness (QED) is 0.731. The number of ether oxygens (including phenoxy) is 3. The summed E-state index contributed by atoms with van der Waals surface area (Å²) in [5, 5.41) is 0. The lowest BCUT2D eigenvalue weighted by atomic mass is 9.59. The van der Waals surface area contributed by atoms with Gasteiger partial charge in [0.05, 0.1) is 18.6 Å². The highest BCUT2D eigenvalue weighted by molar-refractivity contribution is 5.80. The van der Waals surface area contributed by atoms with E-state index in [2.05, 4.69) is 49.1 Å². The van der Waals surface area contributed by atoms with Crippen molar-refractivity contribution >= 4 is 11.6 Å². The van der Waals surface area contributed by atoms with Crippen LogP contribution < -0.4 is 10.5 Å². The Balaban J connectivity index is 1.66. The first-order valence-corrected chi connectivity index (χ1v) is 11.2. The molecule has 1 fully saturated rings. The maximum Gasteiger partial charge on any atom is 0.283 e. The SMILES string of the molecule is CC#CC1=C/C(c2ccc3c(c2)C2(COC(N)=N2)C2(COC2)C(CCC)O3)=C\C=C\C=C1. The van der Waals surface area contributed by atoms with Crippen molar-refractivity contribution < 1.29 is 14.2 Å². The van der Waals surface area contributed by atoms with E-state index in [0.29, 0.717) is 19.8 Å². The Bertz CT molecular complexity index is 1140. The van der Waals surface area contributed by atoms with Crippen molar-refractivity contribution in [1.82, 2.24) is 0 Å². The molecule has 1 saturated heterocycles. The van der Waals surface area contributed by atoms with Gasteiger partial charge >= 0.3 is 0 Å². The van der Waals surface area contributed by atoms with Crippen molar-refractivity contribution in [3.8, 4) is 17.6 Å². The summed E-state index contributed by atoms with van der Waals surface area (Å²) in [7, 11) is 0. The minimum atomic E-state index is -0.605. The molecule has 3 heterocycles. The third-order valence-corrected chi connectivity index (χ3v) is 6.82. The Morgan fingerprint density at radius 2 is 2.06 bits per heavy atom. The summed E-state index contributed by atoms with van der Waals surface area (Å²) < 4.78 is 18.1. The molecule has 5 heteroatoms. The molecule has 0 amide bonds. The standard InChI is InChI=1S/C27H28N2O3/c1-3-8-19-10-6-5-7-11-20(14-19)21-12-13-23-22(15-21)27(18-31-25(28)29-27)26(16-30-17-26)24(32-23)9-4-2/h5-7,10-15,24H,4,9,16-18H2,1-2H3,(H2,28,29)/b6-5?,7-5+,10-6?,11-7?,19-10?,19-14?,20-11+,20-14?. The molecule has 2 N–H and O–H groups in total. The second-order valence-electron chi connectivity index (χ2n) is 8.69. The number of hydrogen-bond donors (Lipinski definition) is 1. The smallest absolute Gasteiger partial charge is 0.283 e. The molecule has 0 bridgehead atoms. The van der Waals surface area contributed by atoms with E-state index >= 15 is 0 Å². The van der Waals surface area contributed by atoms with Gasteiger partial charge in [-0.25, -0.2) is 4.99 Å². The zero-order valence-corrected chi connectivity index (χ0v) is 18.6. The molecule has 5 nitrogen and oxygen atoms in total. The highest BCUT2D eigenvalue weighted by atomic mass is 16.5. The summed E-state index contributed by atoms with van der Waals surface area (Å²) in [5.41, 5.74) is 9.33. The average molecular weight is 429 g/mol. The molecular weight excluding hydrogens is 400 g/mol. The third kappa shape index (κ3) is 3.10. The van der Waals surface area contributed by atoms with Crippen molar-refractivity contribution in [2.24, 2.45) is 16.1 Å². The van der Waals surface area contributed by atoms with Gasteiger partial charge < -0.3 is 19.9 Å². The fraction of sp³-hybridized carbons (Fsp3) is 0.370. The van der Waals surface area contributed by atoms with Gasteiger partial charge in [-0.2, -0.15) is 0 Å².